The number of hydrogen-bond donors (Lipinski definition) is 0. The van der Waals surface area contributed by atoms with E-state index in [0.29, 0.717) is 47.2 Å². The SMILES string of the molecule is Cc1ccc(C(C)C)cc1OCCCn1c(-c2ccc(Cl)cc2)nc2ccccc2c1=O. The molecule has 0 fully saturated rings. The van der Waals surface area contributed by atoms with Crippen molar-refractivity contribution < 1.29 is 4.74 Å². The molecule has 3 aromatic carbocycles. The standard InChI is InChI=1S/C27H27ClN2O2/c1-18(2)21-10-9-19(3)25(17-21)32-16-6-15-30-26(20-11-13-22(28)14-12-20)29-24-8-5-4-7-23(24)27(30)31/h4-5,7-14,17-18H,6,15-16H2,1-3H3. The van der Waals surface area contributed by atoms with Crippen molar-refractivity contribution in [2.75, 3.05) is 6.61 Å². The van der Waals surface area contributed by atoms with E-state index in [2.05, 4.69) is 39.0 Å². The van der Waals surface area contributed by atoms with Crippen LogP contribution in [0.1, 0.15) is 37.3 Å². The zero-order valence-corrected chi connectivity index (χ0v) is 19.4. The maximum atomic E-state index is 13.3. The van der Waals surface area contributed by atoms with Crippen LogP contribution in [0, 0.1) is 6.92 Å². The Morgan fingerprint density at radius 1 is 1.03 bits per heavy atom. The summed E-state index contributed by atoms with van der Waals surface area (Å²) >= 11 is 6.06. The molecule has 1 aromatic heterocycles. The van der Waals surface area contributed by atoms with Crippen LogP contribution in [-0.4, -0.2) is 16.2 Å². The second-order valence-electron chi connectivity index (χ2n) is 8.30. The lowest BCUT2D eigenvalue weighted by molar-refractivity contribution is 0.299. The number of nitrogens with zero attached hydrogens (tertiary/aromatic N) is 2. The average molecular weight is 447 g/mol. The highest BCUT2D eigenvalue weighted by atomic mass is 35.5. The van der Waals surface area contributed by atoms with Gasteiger partial charge >= 0.3 is 0 Å². The molecular weight excluding hydrogens is 420 g/mol. The minimum Gasteiger partial charge on any atom is -0.493 e. The van der Waals surface area contributed by atoms with Crippen LogP contribution in [0.15, 0.2) is 71.5 Å². The van der Waals surface area contributed by atoms with Crippen LogP contribution in [0.4, 0.5) is 0 Å². The fourth-order valence-electron chi connectivity index (χ4n) is 3.73. The van der Waals surface area contributed by atoms with Gasteiger partial charge in [-0.25, -0.2) is 4.98 Å². The van der Waals surface area contributed by atoms with Gasteiger partial charge in [-0.3, -0.25) is 9.36 Å². The van der Waals surface area contributed by atoms with Crippen LogP contribution >= 0.6 is 11.6 Å². The molecule has 0 aliphatic carbocycles. The van der Waals surface area contributed by atoms with Crippen molar-refractivity contribution in [2.45, 2.75) is 39.7 Å². The van der Waals surface area contributed by atoms with Gasteiger partial charge in [0.25, 0.3) is 5.56 Å². The van der Waals surface area contributed by atoms with Gasteiger partial charge in [0.2, 0.25) is 0 Å². The number of halogens is 1. The molecule has 0 bridgehead atoms. The topological polar surface area (TPSA) is 44.1 Å². The van der Waals surface area contributed by atoms with E-state index >= 15 is 0 Å². The molecule has 4 rings (SSSR count). The molecule has 32 heavy (non-hydrogen) atoms. The highest BCUT2D eigenvalue weighted by Gasteiger charge is 2.13. The number of benzene rings is 3. The van der Waals surface area contributed by atoms with E-state index in [1.807, 2.05) is 48.5 Å². The first-order valence-corrected chi connectivity index (χ1v) is 11.3. The quantitative estimate of drug-likeness (QED) is 0.300. The molecule has 4 nitrogen and oxygen atoms in total. The Morgan fingerprint density at radius 2 is 1.78 bits per heavy atom. The zero-order chi connectivity index (χ0) is 22.7. The molecule has 4 aromatic rings. The number of rotatable bonds is 7. The molecular formula is C27H27ClN2O2. The van der Waals surface area contributed by atoms with Crippen LogP contribution in [0.3, 0.4) is 0 Å². The summed E-state index contributed by atoms with van der Waals surface area (Å²) in [6.45, 7) is 7.42. The van der Waals surface area contributed by atoms with Crippen molar-refractivity contribution in [2.24, 2.45) is 0 Å². The van der Waals surface area contributed by atoms with Crippen LogP contribution < -0.4 is 10.3 Å². The fraction of sp³-hybridized carbons (Fsp3) is 0.259. The summed E-state index contributed by atoms with van der Waals surface area (Å²) in [7, 11) is 0. The minimum atomic E-state index is -0.0430. The van der Waals surface area contributed by atoms with Gasteiger partial charge in [0.15, 0.2) is 0 Å². The van der Waals surface area contributed by atoms with Crippen molar-refractivity contribution in [3.8, 4) is 17.1 Å². The zero-order valence-electron chi connectivity index (χ0n) is 18.6. The van der Waals surface area contributed by atoms with Gasteiger partial charge in [-0.15, -0.1) is 0 Å². The second kappa shape index (κ2) is 9.58. The summed E-state index contributed by atoms with van der Waals surface area (Å²) in [5.74, 6) is 1.99. The average Bonchev–Trinajstić information content (AvgIpc) is 2.79. The van der Waals surface area contributed by atoms with Gasteiger partial charge in [0.05, 0.1) is 17.5 Å². The highest BCUT2D eigenvalue weighted by Crippen LogP contribution is 2.25. The molecule has 1 heterocycles. The molecule has 164 valence electrons. The van der Waals surface area contributed by atoms with E-state index in [-0.39, 0.29) is 5.56 Å². The molecule has 0 amide bonds. The third-order valence-electron chi connectivity index (χ3n) is 5.63. The number of fused-ring (bicyclic) bond motifs is 1. The Labute approximate surface area is 193 Å². The summed E-state index contributed by atoms with van der Waals surface area (Å²) < 4.78 is 7.83. The monoisotopic (exact) mass is 446 g/mol. The first-order chi connectivity index (χ1) is 15.4. The van der Waals surface area contributed by atoms with Gasteiger partial charge < -0.3 is 4.74 Å². The van der Waals surface area contributed by atoms with Crippen LogP contribution in [0.2, 0.25) is 5.02 Å². The molecule has 0 aliphatic rings. The maximum Gasteiger partial charge on any atom is 0.261 e. The summed E-state index contributed by atoms with van der Waals surface area (Å²) in [4.78, 5) is 18.1. The summed E-state index contributed by atoms with van der Waals surface area (Å²) in [5.41, 5.74) is 3.87. The molecule has 0 saturated heterocycles. The Bertz CT molecular complexity index is 1290. The van der Waals surface area contributed by atoms with E-state index in [9.17, 15) is 4.79 Å². The third kappa shape index (κ3) is 4.71. The minimum absolute atomic E-state index is 0.0430. The predicted octanol–water partition coefficient (Wildman–Crippen LogP) is 6.62. The number of ether oxygens (including phenoxy) is 1. The molecule has 5 heteroatoms. The normalized spacial score (nSPS) is 11.3. The van der Waals surface area contributed by atoms with E-state index in [1.165, 1.54) is 5.56 Å². The molecule has 0 aliphatic heterocycles. The van der Waals surface area contributed by atoms with E-state index in [1.54, 1.807) is 4.57 Å². The van der Waals surface area contributed by atoms with Crippen molar-refractivity contribution in [3.63, 3.8) is 0 Å². The second-order valence-corrected chi connectivity index (χ2v) is 8.73. The Balaban J connectivity index is 1.59. The molecule has 0 atom stereocenters. The van der Waals surface area contributed by atoms with Crippen molar-refractivity contribution in [3.05, 3.63) is 93.2 Å². The molecule has 0 saturated carbocycles. The number of hydrogen-bond acceptors (Lipinski definition) is 3. The number of aromatic nitrogens is 2. The van der Waals surface area contributed by atoms with Gasteiger partial charge in [0.1, 0.15) is 11.6 Å². The summed E-state index contributed by atoms with van der Waals surface area (Å²) in [5, 5.41) is 1.27. The van der Waals surface area contributed by atoms with Crippen LogP contribution in [0.25, 0.3) is 22.3 Å². The van der Waals surface area contributed by atoms with E-state index in [4.69, 9.17) is 21.3 Å². The summed E-state index contributed by atoms with van der Waals surface area (Å²) in [6, 6.07) is 21.2. The molecule has 0 spiro atoms. The number of aryl methyl sites for hydroxylation is 1. The third-order valence-corrected chi connectivity index (χ3v) is 5.88. The molecule has 0 unspecified atom stereocenters. The Morgan fingerprint density at radius 3 is 2.53 bits per heavy atom. The van der Waals surface area contributed by atoms with Gasteiger partial charge in [0, 0.05) is 17.1 Å². The van der Waals surface area contributed by atoms with E-state index < -0.39 is 0 Å². The lowest BCUT2D eigenvalue weighted by atomic mass is 10.0. The lowest BCUT2D eigenvalue weighted by Crippen LogP contribution is -2.24. The maximum absolute atomic E-state index is 13.3. The molecule has 0 radical (unpaired) electrons. The van der Waals surface area contributed by atoms with Crippen LogP contribution in [-0.2, 0) is 6.54 Å². The van der Waals surface area contributed by atoms with Gasteiger partial charge in [-0.05, 0) is 72.9 Å². The summed E-state index contributed by atoms with van der Waals surface area (Å²) in [6.07, 6.45) is 0.686. The predicted molar refractivity (Wildman–Crippen MR) is 132 cm³/mol. The van der Waals surface area contributed by atoms with Crippen molar-refractivity contribution in [1.82, 2.24) is 9.55 Å². The molecule has 0 N–H and O–H groups in total. The Kier molecular flexibility index (Phi) is 6.61. The van der Waals surface area contributed by atoms with Crippen molar-refractivity contribution >= 4 is 22.5 Å². The number of para-hydroxylation sites is 1. The van der Waals surface area contributed by atoms with Crippen molar-refractivity contribution in [1.29, 1.82) is 0 Å². The van der Waals surface area contributed by atoms with Gasteiger partial charge in [-0.1, -0.05) is 49.7 Å². The lowest BCUT2D eigenvalue weighted by Gasteiger charge is -2.15. The smallest absolute Gasteiger partial charge is 0.261 e. The largest absolute Gasteiger partial charge is 0.493 e. The van der Waals surface area contributed by atoms with Gasteiger partial charge in [-0.2, -0.15) is 0 Å². The highest BCUT2D eigenvalue weighted by molar-refractivity contribution is 6.30. The Hall–Kier alpha value is -3.11. The first-order valence-electron chi connectivity index (χ1n) is 10.9. The fourth-order valence-corrected chi connectivity index (χ4v) is 3.86. The van der Waals surface area contributed by atoms with Crippen LogP contribution in [0.5, 0.6) is 5.75 Å². The van der Waals surface area contributed by atoms with E-state index in [0.717, 1.165) is 16.9 Å². The first kappa shape index (κ1) is 22.1.